The summed E-state index contributed by atoms with van der Waals surface area (Å²) in [5.74, 6) is -0.0557. The van der Waals surface area contributed by atoms with Crippen molar-refractivity contribution in [2.45, 2.75) is 45.2 Å². The molecule has 6 heteroatoms. The van der Waals surface area contributed by atoms with Crippen LogP contribution in [0.2, 0.25) is 0 Å². The molecule has 1 amide bonds. The Hall–Kier alpha value is -1.82. The average molecular weight is 304 g/mol. The van der Waals surface area contributed by atoms with E-state index in [9.17, 15) is 4.79 Å². The number of carbonyl (C=O) groups excluding carboxylic acids is 1. The van der Waals surface area contributed by atoms with Crippen LogP contribution in [0.25, 0.3) is 0 Å². The zero-order valence-corrected chi connectivity index (χ0v) is 12.9. The number of amides is 1. The number of nitrogens with zero attached hydrogens (tertiary/aromatic N) is 2. The lowest BCUT2D eigenvalue weighted by Crippen LogP contribution is -2.33. The maximum Gasteiger partial charge on any atom is 0.277 e. The Balaban J connectivity index is 1.81. The molecule has 1 aliphatic carbocycles. The van der Waals surface area contributed by atoms with Crippen molar-refractivity contribution in [2.75, 3.05) is 5.73 Å². The van der Waals surface area contributed by atoms with Gasteiger partial charge in [0.2, 0.25) is 0 Å². The number of nitrogens with two attached hydrogens (primary N) is 1. The molecule has 0 aliphatic heterocycles. The van der Waals surface area contributed by atoms with Crippen LogP contribution in [-0.2, 0) is 13.0 Å². The topological polar surface area (TPSA) is 75.0 Å². The quantitative estimate of drug-likeness (QED) is 0.861. The van der Waals surface area contributed by atoms with Crippen molar-refractivity contribution in [3.63, 3.8) is 0 Å². The van der Waals surface area contributed by atoms with Gasteiger partial charge in [-0.1, -0.05) is 13.3 Å². The van der Waals surface area contributed by atoms with Crippen molar-refractivity contribution in [1.82, 2.24) is 15.1 Å². The second-order valence-electron chi connectivity index (χ2n) is 5.51. The number of aromatic amines is 1. The fourth-order valence-corrected chi connectivity index (χ4v) is 3.12. The van der Waals surface area contributed by atoms with E-state index in [1.54, 1.807) is 11.3 Å². The van der Waals surface area contributed by atoms with Crippen molar-refractivity contribution in [2.24, 2.45) is 0 Å². The fraction of sp³-hybridized carbons (Fsp3) is 0.467. The van der Waals surface area contributed by atoms with Gasteiger partial charge >= 0.3 is 0 Å². The summed E-state index contributed by atoms with van der Waals surface area (Å²) in [5.41, 5.74) is 9.01. The smallest absolute Gasteiger partial charge is 0.277 e. The lowest BCUT2D eigenvalue weighted by molar-refractivity contribution is 0.0725. The van der Waals surface area contributed by atoms with Crippen LogP contribution in [0.15, 0.2) is 16.8 Å². The molecule has 1 fully saturated rings. The van der Waals surface area contributed by atoms with Gasteiger partial charge in [-0.15, -0.1) is 0 Å². The zero-order valence-electron chi connectivity index (χ0n) is 12.1. The number of hydrogen-bond donors (Lipinski definition) is 2. The molecule has 2 heterocycles. The first-order valence-electron chi connectivity index (χ1n) is 7.35. The summed E-state index contributed by atoms with van der Waals surface area (Å²) in [6, 6.07) is 2.40. The SMILES string of the molecule is CCCc1[nH]nc(C(=O)N(Cc2ccsc2)C2CC2)c1N. The second kappa shape index (κ2) is 5.89. The molecule has 0 radical (unpaired) electrons. The van der Waals surface area contributed by atoms with E-state index >= 15 is 0 Å². The number of H-pyrrole nitrogens is 1. The van der Waals surface area contributed by atoms with Gasteiger partial charge in [0.25, 0.3) is 5.91 Å². The predicted molar refractivity (Wildman–Crippen MR) is 84.2 cm³/mol. The minimum Gasteiger partial charge on any atom is -0.395 e. The summed E-state index contributed by atoms with van der Waals surface area (Å²) in [7, 11) is 0. The Bertz CT molecular complexity index is 616. The van der Waals surface area contributed by atoms with E-state index < -0.39 is 0 Å². The van der Waals surface area contributed by atoms with Crippen LogP contribution in [0.4, 0.5) is 5.69 Å². The minimum absolute atomic E-state index is 0.0557. The molecule has 21 heavy (non-hydrogen) atoms. The molecule has 5 nitrogen and oxygen atoms in total. The average Bonchev–Trinajstić information content (AvgIpc) is 3.07. The molecule has 1 aliphatic rings. The second-order valence-corrected chi connectivity index (χ2v) is 6.29. The van der Waals surface area contributed by atoms with Gasteiger partial charge in [-0.25, -0.2) is 0 Å². The summed E-state index contributed by atoms with van der Waals surface area (Å²) in [6.45, 7) is 2.72. The highest BCUT2D eigenvalue weighted by Gasteiger charge is 2.35. The summed E-state index contributed by atoms with van der Waals surface area (Å²) < 4.78 is 0. The van der Waals surface area contributed by atoms with E-state index in [0.717, 1.165) is 31.4 Å². The standard InChI is InChI=1S/C15H20N4OS/c1-2-3-12-13(16)14(18-17-12)15(20)19(11-4-5-11)8-10-6-7-21-9-10/h6-7,9,11H,2-5,8,16H2,1H3,(H,17,18). The molecule has 2 aromatic rings. The lowest BCUT2D eigenvalue weighted by Gasteiger charge is -2.21. The number of thiophene rings is 1. The van der Waals surface area contributed by atoms with Crippen LogP contribution < -0.4 is 5.73 Å². The van der Waals surface area contributed by atoms with E-state index in [1.807, 2.05) is 10.3 Å². The highest BCUT2D eigenvalue weighted by molar-refractivity contribution is 7.07. The van der Waals surface area contributed by atoms with Gasteiger partial charge in [-0.2, -0.15) is 16.4 Å². The van der Waals surface area contributed by atoms with Gasteiger partial charge in [0, 0.05) is 12.6 Å². The van der Waals surface area contributed by atoms with Crippen molar-refractivity contribution in [1.29, 1.82) is 0 Å². The van der Waals surface area contributed by atoms with Gasteiger partial charge in [0.1, 0.15) is 0 Å². The first-order valence-corrected chi connectivity index (χ1v) is 8.29. The summed E-state index contributed by atoms with van der Waals surface area (Å²) >= 11 is 1.65. The van der Waals surface area contributed by atoms with E-state index in [-0.39, 0.29) is 5.91 Å². The number of nitrogens with one attached hydrogen (secondary N) is 1. The molecule has 3 N–H and O–H groups in total. The largest absolute Gasteiger partial charge is 0.395 e. The molecule has 0 saturated heterocycles. The number of hydrogen-bond acceptors (Lipinski definition) is 4. The van der Waals surface area contributed by atoms with Gasteiger partial charge in [-0.3, -0.25) is 9.89 Å². The molecule has 2 aromatic heterocycles. The Morgan fingerprint density at radius 2 is 2.38 bits per heavy atom. The molecule has 1 saturated carbocycles. The van der Waals surface area contributed by atoms with E-state index in [1.165, 1.54) is 5.56 Å². The third-order valence-corrected chi connectivity index (χ3v) is 4.50. The molecule has 0 unspecified atom stereocenters. The Morgan fingerprint density at radius 1 is 1.57 bits per heavy atom. The van der Waals surface area contributed by atoms with Crippen molar-refractivity contribution < 1.29 is 4.79 Å². The summed E-state index contributed by atoms with van der Waals surface area (Å²) in [6.07, 6.45) is 3.94. The van der Waals surface area contributed by atoms with Gasteiger partial charge in [0.05, 0.1) is 11.4 Å². The third kappa shape index (κ3) is 2.95. The normalized spacial score (nSPS) is 14.3. The first kappa shape index (κ1) is 14.1. The molecular weight excluding hydrogens is 284 g/mol. The van der Waals surface area contributed by atoms with Crippen LogP contribution in [-0.4, -0.2) is 27.0 Å². The summed E-state index contributed by atoms with van der Waals surface area (Å²) in [4.78, 5) is 14.7. The lowest BCUT2D eigenvalue weighted by atomic mass is 10.2. The number of nitrogen functional groups attached to an aromatic ring is 1. The highest BCUT2D eigenvalue weighted by Crippen LogP contribution is 2.31. The Kier molecular flexibility index (Phi) is 3.96. The maximum atomic E-state index is 12.8. The van der Waals surface area contributed by atoms with Gasteiger partial charge in [-0.05, 0) is 41.7 Å². The van der Waals surface area contributed by atoms with Crippen molar-refractivity contribution in [3.05, 3.63) is 33.8 Å². The monoisotopic (exact) mass is 304 g/mol. The Morgan fingerprint density at radius 3 is 3.00 bits per heavy atom. The van der Waals surface area contributed by atoms with E-state index in [2.05, 4.69) is 28.6 Å². The molecule has 0 bridgehead atoms. The number of carbonyl (C=O) groups is 1. The highest BCUT2D eigenvalue weighted by atomic mass is 32.1. The van der Waals surface area contributed by atoms with E-state index in [0.29, 0.717) is 24.0 Å². The van der Waals surface area contributed by atoms with Crippen LogP contribution in [0.1, 0.15) is 47.9 Å². The van der Waals surface area contributed by atoms with E-state index in [4.69, 9.17) is 5.73 Å². The third-order valence-electron chi connectivity index (χ3n) is 3.77. The van der Waals surface area contributed by atoms with Crippen LogP contribution in [0, 0.1) is 0 Å². The maximum absolute atomic E-state index is 12.8. The number of aromatic nitrogens is 2. The van der Waals surface area contributed by atoms with Crippen molar-refractivity contribution >= 4 is 22.9 Å². The molecule has 0 aromatic carbocycles. The van der Waals surface area contributed by atoms with Crippen molar-refractivity contribution in [3.8, 4) is 0 Å². The molecule has 0 spiro atoms. The number of aryl methyl sites for hydroxylation is 1. The molecule has 0 atom stereocenters. The van der Waals surface area contributed by atoms with Gasteiger partial charge in [0.15, 0.2) is 5.69 Å². The zero-order chi connectivity index (χ0) is 14.8. The molecular formula is C15H20N4OS. The number of anilines is 1. The minimum atomic E-state index is -0.0557. The van der Waals surface area contributed by atoms with Gasteiger partial charge < -0.3 is 10.6 Å². The Labute approximate surface area is 128 Å². The van der Waals surface area contributed by atoms with Crippen LogP contribution in [0.3, 0.4) is 0 Å². The first-order chi connectivity index (χ1) is 10.2. The fourth-order valence-electron chi connectivity index (χ4n) is 2.46. The van der Waals surface area contributed by atoms with Crippen LogP contribution in [0.5, 0.6) is 0 Å². The predicted octanol–water partition coefficient (Wildman–Crippen LogP) is 2.81. The van der Waals surface area contributed by atoms with Crippen LogP contribution >= 0.6 is 11.3 Å². The molecule has 112 valence electrons. The summed E-state index contributed by atoms with van der Waals surface area (Å²) in [5, 5.41) is 11.2. The molecule has 3 rings (SSSR count). The number of rotatable bonds is 6.